The van der Waals surface area contributed by atoms with Crippen LogP contribution in [0.15, 0.2) is 30.3 Å². The molecule has 0 unspecified atom stereocenters. The molecule has 5 nitrogen and oxygen atoms in total. The van der Waals surface area contributed by atoms with Crippen LogP contribution in [0.25, 0.3) is 0 Å². The second-order valence-electron chi connectivity index (χ2n) is 7.75. The smallest absolute Gasteiger partial charge is 0.303 e. The molecule has 0 saturated carbocycles. The van der Waals surface area contributed by atoms with Gasteiger partial charge in [-0.05, 0) is 62.1 Å². The van der Waals surface area contributed by atoms with Gasteiger partial charge in [-0.25, -0.2) is 0 Å². The molecule has 0 aromatic heterocycles. The summed E-state index contributed by atoms with van der Waals surface area (Å²) in [6, 6.07) is 9.12. The summed E-state index contributed by atoms with van der Waals surface area (Å²) in [5.41, 5.74) is 2.41. The standard InChI is InChI=1S/C23H25ClO5/c1-4-5-15-11-18(8-6-14(15)7-9-20(25)26)28-13-16-10-17(24)12-19-21(16)29-23(2,3)22(19)27/h6,8,10-12H,4-5,7,9,13H2,1-3H3,(H,25,26). The predicted octanol–water partition coefficient (Wildman–Crippen LogP) is 5.24. The van der Waals surface area contributed by atoms with Crippen LogP contribution in [0.5, 0.6) is 11.5 Å². The van der Waals surface area contributed by atoms with E-state index in [0.717, 1.165) is 29.5 Å². The number of hydrogen-bond donors (Lipinski definition) is 1. The van der Waals surface area contributed by atoms with E-state index in [2.05, 4.69) is 6.92 Å². The number of halogens is 1. The number of aryl methyl sites for hydroxylation is 2. The van der Waals surface area contributed by atoms with Gasteiger partial charge in [0.25, 0.3) is 0 Å². The van der Waals surface area contributed by atoms with E-state index < -0.39 is 11.6 Å². The molecule has 0 bridgehead atoms. The van der Waals surface area contributed by atoms with Gasteiger partial charge in [0.15, 0.2) is 5.60 Å². The van der Waals surface area contributed by atoms with Gasteiger partial charge in [0.05, 0.1) is 5.56 Å². The Kier molecular flexibility index (Phi) is 6.18. The normalized spacial score (nSPS) is 14.4. The van der Waals surface area contributed by atoms with E-state index in [1.165, 1.54) is 0 Å². The molecule has 0 fully saturated rings. The first-order chi connectivity index (χ1) is 13.7. The lowest BCUT2D eigenvalue weighted by atomic mass is 9.98. The van der Waals surface area contributed by atoms with Crippen molar-refractivity contribution in [2.24, 2.45) is 0 Å². The molecule has 2 aromatic rings. The number of carboxylic acid groups (broad SMARTS) is 1. The minimum absolute atomic E-state index is 0.0933. The van der Waals surface area contributed by atoms with Gasteiger partial charge >= 0.3 is 5.97 Å². The zero-order chi connectivity index (χ0) is 21.2. The Balaban J connectivity index is 1.80. The lowest BCUT2D eigenvalue weighted by molar-refractivity contribution is -0.136. The maximum absolute atomic E-state index is 12.5. The van der Waals surface area contributed by atoms with Crippen LogP contribution in [0, 0.1) is 0 Å². The van der Waals surface area contributed by atoms with Crippen LogP contribution in [0.2, 0.25) is 5.02 Å². The molecule has 0 aliphatic carbocycles. The van der Waals surface area contributed by atoms with E-state index >= 15 is 0 Å². The number of benzene rings is 2. The van der Waals surface area contributed by atoms with E-state index in [9.17, 15) is 9.59 Å². The van der Waals surface area contributed by atoms with Crippen molar-refractivity contribution in [3.63, 3.8) is 0 Å². The molecular formula is C23H25ClO5. The summed E-state index contributed by atoms with van der Waals surface area (Å²) < 4.78 is 11.9. The van der Waals surface area contributed by atoms with Gasteiger partial charge in [-0.3, -0.25) is 9.59 Å². The fourth-order valence-electron chi connectivity index (χ4n) is 3.51. The van der Waals surface area contributed by atoms with E-state index in [-0.39, 0.29) is 18.8 Å². The Morgan fingerprint density at radius 2 is 1.90 bits per heavy atom. The Morgan fingerprint density at radius 1 is 1.14 bits per heavy atom. The number of aliphatic carboxylic acids is 1. The lowest BCUT2D eigenvalue weighted by Gasteiger charge is -2.17. The van der Waals surface area contributed by atoms with E-state index in [0.29, 0.717) is 28.5 Å². The third kappa shape index (κ3) is 4.73. The Morgan fingerprint density at radius 3 is 2.59 bits per heavy atom. The summed E-state index contributed by atoms with van der Waals surface area (Å²) >= 11 is 6.20. The van der Waals surface area contributed by atoms with Crippen LogP contribution < -0.4 is 9.47 Å². The molecule has 1 heterocycles. The molecule has 1 aliphatic rings. The van der Waals surface area contributed by atoms with Crippen molar-refractivity contribution in [1.82, 2.24) is 0 Å². The van der Waals surface area contributed by atoms with Crippen LogP contribution in [-0.2, 0) is 24.2 Å². The van der Waals surface area contributed by atoms with Crippen molar-refractivity contribution in [3.05, 3.63) is 57.6 Å². The number of carbonyl (C=O) groups is 2. The topological polar surface area (TPSA) is 72.8 Å². The number of ketones is 1. The van der Waals surface area contributed by atoms with Gasteiger partial charge in [-0.15, -0.1) is 0 Å². The molecular weight excluding hydrogens is 392 g/mol. The van der Waals surface area contributed by atoms with E-state index in [1.54, 1.807) is 26.0 Å². The van der Waals surface area contributed by atoms with Crippen LogP contribution in [0.1, 0.15) is 60.7 Å². The molecule has 1 N–H and O–H groups in total. The molecule has 1 aliphatic heterocycles. The molecule has 2 aromatic carbocycles. The van der Waals surface area contributed by atoms with Crippen molar-refractivity contribution in [2.45, 2.75) is 58.7 Å². The number of carbonyl (C=O) groups excluding carboxylic acids is 1. The first kappa shape index (κ1) is 21.2. The van der Waals surface area contributed by atoms with Gasteiger partial charge in [0.1, 0.15) is 18.1 Å². The largest absolute Gasteiger partial charge is 0.489 e. The molecule has 3 rings (SSSR count). The summed E-state index contributed by atoms with van der Waals surface area (Å²) in [5.74, 6) is 0.311. The van der Waals surface area contributed by atoms with Gasteiger partial charge in [0, 0.05) is 17.0 Å². The summed E-state index contributed by atoms with van der Waals surface area (Å²) in [7, 11) is 0. The zero-order valence-corrected chi connectivity index (χ0v) is 17.6. The van der Waals surface area contributed by atoms with Crippen molar-refractivity contribution in [3.8, 4) is 11.5 Å². The second-order valence-corrected chi connectivity index (χ2v) is 8.18. The zero-order valence-electron chi connectivity index (χ0n) is 16.9. The number of ether oxygens (including phenoxy) is 2. The van der Waals surface area contributed by atoms with Crippen LogP contribution in [-0.4, -0.2) is 22.5 Å². The van der Waals surface area contributed by atoms with Gasteiger partial charge in [-0.2, -0.15) is 0 Å². The number of rotatable bonds is 8. The number of Topliss-reactive ketones (excluding diaryl/α,β-unsaturated/α-hetero) is 1. The maximum Gasteiger partial charge on any atom is 0.303 e. The van der Waals surface area contributed by atoms with Crippen molar-refractivity contribution in [1.29, 1.82) is 0 Å². The molecule has 0 atom stereocenters. The van der Waals surface area contributed by atoms with Crippen molar-refractivity contribution in [2.75, 3.05) is 0 Å². The molecule has 0 radical (unpaired) electrons. The number of fused-ring (bicyclic) bond motifs is 1. The number of hydrogen-bond acceptors (Lipinski definition) is 4. The molecule has 29 heavy (non-hydrogen) atoms. The minimum Gasteiger partial charge on any atom is -0.489 e. The molecule has 0 amide bonds. The fraction of sp³-hybridized carbons (Fsp3) is 0.391. The molecule has 6 heteroatoms. The highest BCUT2D eigenvalue weighted by atomic mass is 35.5. The lowest BCUT2D eigenvalue weighted by Crippen LogP contribution is -2.32. The minimum atomic E-state index is -0.915. The molecule has 154 valence electrons. The van der Waals surface area contributed by atoms with Crippen molar-refractivity contribution < 1.29 is 24.2 Å². The molecule has 0 spiro atoms. The van der Waals surface area contributed by atoms with E-state index in [4.69, 9.17) is 26.2 Å². The highest BCUT2D eigenvalue weighted by molar-refractivity contribution is 6.31. The SMILES string of the molecule is CCCc1cc(OCc2cc(Cl)cc3c2OC(C)(C)C3=O)ccc1CCC(=O)O. The maximum atomic E-state index is 12.5. The summed E-state index contributed by atoms with van der Waals surface area (Å²) in [5, 5.41) is 9.41. The summed E-state index contributed by atoms with van der Waals surface area (Å²) in [4.78, 5) is 23.4. The monoisotopic (exact) mass is 416 g/mol. The third-order valence-corrected chi connectivity index (χ3v) is 5.20. The van der Waals surface area contributed by atoms with Crippen LogP contribution in [0.4, 0.5) is 0 Å². The van der Waals surface area contributed by atoms with Crippen LogP contribution >= 0.6 is 11.6 Å². The summed E-state index contributed by atoms with van der Waals surface area (Å²) in [6.07, 6.45) is 2.41. The average molecular weight is 417 g/mol. The highest BCUT2D eigenvalue weighted by Crippen LogP contribution is 2.40. The second kappa shape index (κ2) is 8.46. The van der Waals surface area contributed by atoms with Crippen molar-refractivity contribution >= 4 is 23.4 Å². The quantitative estimate of drug-likeness (QED) is 0.636. The predicted molar refractivity (Wildman–Crippen MR) is 111 cm³/mol. The summed E-state index contributed by atoms with van der Waals surface area (Å²) in [6.45, 7) is 5.77. The highest BCUT2D eigenvalue weighted by Gasteiger charge is 2.41. The Labute approximate surface area is 175 Å². The molecule has 0 saturated heterocycles. The number of carboxylic acids is 1. The first-order valence-corrected chi connectivity index (χ1v) is 10.1. The Hall–Kier alpha value is -2.53. The van der Waals surface area contributed by atoms with Gasteiger partial charge in [0.2, 0.25) is 5.78 Å². The van der Waals surface area contributed by atoms with Gasteiger partial charge < -0.3 is 14.6 Å². The van der Waals surface area contributed by atoms with Gasteiger partial charge in [-0.1, -0.05) is 31.0 Å². The first-order valence-electron chi connectivity index (χ1n) is 9.74. The Bertz CT molecular complexity index is 949. The average Bonchev–Trinajstić information content (AvgIpc) is 2.89. The fourth-order valence-corrected chi connectivity index (χ4v) is 3.75. The third-order valence-electron chi connectivity index (χ3n) is 4.98. The van der Waals surface area contributed by atoms with E-state index in [1.807, 2.05) is 18.2 Å². The van der Waals surface area contributed by atoms with Crippen LogP contribution in [0.3, 0.4) is 0 Å².